The Labute approximate surface area is 182 Å². The van der Waals surface area contributed by atoms with Gasteiger partial charge in [-0.15, -0.1) is 10.2 Å². The second-order valence-corrected chi connectivity index (χ2v) is 7.73. The van der Waals surface area contributed by atoms with E-state index in [1.165, 1.54) is 48.2 Å². The van der Waals surface area contributed by atoms with Crippen molar-refractivity contribution in [3.05, 3.63) is 101 Å². The van der Waals surface area contributed by atoms with E-state index < -0.39 is 0 Å². The number of carbonyl (C=O) groups is 1. The Morgan fingerprint density at radius 3 is 2.16 bits per heavy atom. The smallest absolute Gasteiger partial charge is 0.255 e. The quantitative estimate of drug-likeness (QED) is 0.411. The van der Waals surface area contributed by atoms with Crippen molar-refractivity contribution in [1.82, 2.24) is 14.8 Å². The first-order valence-corrected chi connectivity index (χ1v) is 10.4. The SMILES string of the molecule is Cc1nnc(SCc2ccc(C(=O)Nc3ccc(F)cc3)cc2)n1-c1ccc(F)cc1. The number of hydrogen-bond acceptors (Lipinski definition) is 4. The summed E-state index contributed by atoms with van der Waals surface area (Å²) in [5.41, 5.74) is 2.83. The zero-order chi connectivity index (χ0) is 21.8. The molecule has 156 valence electrons. The summed E-state index contributed by atoms with van der Waals surface area (Å²) in [6.07, 6.45) is 0. The molecule has 0 saturated heterocycles. The number of nitrogens with zero attached hydrogens (tertiary/aromatic N) is 3. The van der Waals surface area contributed by atoms with Crippen molar-refractivity contribution in [2.45, 2.75) is 17.8 Å². The number of halogens is 2. The molecule has 0 unspecified atom stereocenters. The Morgan fingerprint density at radius 2 is 1.52 bits per heavy atom. The number of benzene rings is 3. The number of aryl methyl sites for hydroxylation is 1. The van der Waals surface area contributed by atoms with Crippen molar-refractivity contribution in [1.29, 1.82) is 0 Å². The van der Waals surface area contributed by atoms with Gasteiger partial charge in [0.25, 0.3) is 5.91 Å². The molecule has 0 aliphatic carbocycles. The molecule has 3 aromatic carbocycles. The maximum atomic E-state index is 13.2. The molecule has 4 aromatic rings. The van der Waals surface area contributed by atoms with Crippen LogP contribution in [0.3, 0.4) is 0 Å². The summed E-state index contributed by atoms with van der Waals surface area (Å²) >= 11 is 1.50. The number of anilines is 1. The summed E-state index contributed by atoms with van der Waals surface area (Å²) in [5.74, 6) is 0.413. The lowest BCUT2D eigenvalue weighted by molar-refractivity contribution is 0.102. The molecule has 31 heavy (non-hydrogen) atoms. The number of rotatable bonds is 6. The number of amides is 1. The second-order valence-electron chi connectivity index (χ2n) is 6.79. The van der Waals surface area contributed by atoms with Crippen LogP contribution in [-0.4, -0.2) is 20.7 Å². The zero-order valence-electron chi connectivity index (χ0n) is 16.5. The van der Waals surface area contributed by atoms with E-state index in [1.807, 2.05) is 23.6 Å². The fourth-order valence-electron chi connectivity index (χ4n) is 2.96. The maximum Gasteiger partial charge on any atom is 0.255 e. The molecule has 0 saturated carbocycles. The topological polar surface area (TPSA) is 59.8 Å². The lowest BCUT2D eigenvalue weighted by Crippen LogP contribution is -2.11. The summed E-state index contributed by atoms with van der Waals surface area (Å²) in [6, 6.07) is 19.0. The van der Waals surface area contributed by atoms with Crippen molar-refractivity contribution in [2.75, 3.05) is 5.32 Å². The van der Waals surface area contributed by atoms with Gasteiger partial charge in [-0.1, -0.05) is 23.9 Å². The molecule has 0 aliphatic heterocycles. The van der Waals surface area contributed by atoms with Crippen LogP contribution >= 0.6 is 11.8 Å². The fourth-order valence-corrected chi connectivity index (χ4v) is 3.91. The molecule has 0 atom stereocenters. The standard InChI is InChI=1S/C23H18F2N4OS/c1-15-27-28-23(29(15)21-12-8-19(25)9-13-21)31-14-16-2-4-17(5-3-16)22(30)26-20-10-6-18(24)7-11-20/h2-13H,14H2,1H3,(H,26,30). The second kappa shape index (κ2) is 9.09. The monoisotopic (exact) mass is 436 g/mol. The molecule has 8 heteroatoms. The van der Waals surface area contributed by atoms with Crippen LogP contribution in [0, 0.1) is 18.6 Å². The normalized spacial score (nSPS) is 10.8. The lowest BCUT2D eigenvalue weighted by Gasteiger charge is -2.09. The van der Waals surface area contributed by atoms with Crippen LogP contribution in [0.5, 0.6) is 0 Å². The van der Waals surface area contributed by atoms with Gasteiger partial charge in [0.2, 0.25) is 0 Å². The van der Waals surface area contributed by atoms with E-state index in [1.54, 1.807) is 24.3 Å². The number of aromatic nitrogens is 3. The average molecular weight is 436 g/mol. The van der Waals surface area contributed by atoms with Gasteiger partial charge in [0, 0.05) is 22.7 Å². The largest absolute Gasteiger partial charge is 0.322 e. The van der Waals surface area contributed by atoms with Gasteiger partial charge in [-0.05, 0) is 73.2 Å². The molecule has 0 radical (unpaired) electrons. The molecular weight excluding hydrogens is 418 g/mol. The molecule has 0 aliphatic rings. The van der Waals surface area contributed by atoms with Gasteiger partial charge >= 0.3 is 0 Å². The van der Waals surface area contributed by atoms with Gasteiger partial charge < -0.3 is 5.32 Å². The van der Waals surface area contributed by atoms with Crippen LogP contribution < -0.4 is 5.32 Å². The van der Waals surface area contributed by atoms with Gasteiger partial charge in [-0.25, -0.2) is 8.78 Å². The number of hydrogen-bond donors (Lipinski definition) is 1. The zero-order valence-corrected chi connectivity index (χ0v) is 17.4. The summed E-state index contributed by atoms with van der Waals surface area (Å²) < 4.78 is 28.1. The van der Waals surface area contributed by atoms with E-state index in [0.717, 1.165) is 11.3 Å². The third-order valence-corrected chi connectivity index (χ3v) is 5.57. The highest BCUT2D eigenvalue weighted by atomic mass is 32.2. The van der Waals surface area contributed by atoms with Crippen molar-refractivity contribution in [3.8, 4) is 5.69 Å². The van der Waals surface area contributed by atoms with E-state index in [0.29, 0.717) is 28.0 Å². The van der Waals surface area contributed by atoms with Crippen LogP contribution in [0.15, 0.2) is 78.0 Å². The summed E-state index contributed by atoms with van der Waals surface area (Å²) in [7, 11) is 0. The summed E-state index contributed by atoms with van der Waals surface area (Å²) in [4.78, 5) is 12.4. The van der Waals surface area contributed by atoms with Crippen molar-refractivity contribution < 1.29 is 13.6 Å². The van der Waals surface area contributed by atoms with Crippen LogP contribution in [0.25, 0.3) is 5.69 Å². The Morgan fingerprint density at radius 1 is 0.903 bits per heavy atom. The lowest BCUT2D eigenvalue weighted by atomic mass is 10.1. The highest BCUT2D eigenvalue weighted by Gasteiger charge is 2.12. The molecular formula is C23H18F2N4OS. The molecule has 1 heterocycles. The Kier molecular flexibility index (Phi) is 6.08. The van der Waals surface area contributed by atoms with Gasteiger partial charge in [0.15, 0.2) is 5.16 Å². The van der Waals surface area contributed by atoms with E-state index in [4.69, 9.17) is 0 Å². The summed E-state index contributed by atoms with van der Waals surface area (Å²) in [6.45, 7) is 1.84. The van der Waals surface area contributed by atoms with E-state index >= 15 is 0 Å². The minimum absolute atomic E-state index is 0.266. The third kappa shape index (κ3) is 4.97. The molecule has 0 fully saturated rings. The van der Waals surface area contributed by atoms with Crippen LogP contribution in [0.2, 0.25) is 0 Å². The highest BCUT2D eigenvalue weighted by Crippen LogP contribution is 2.25. The van der Waals surface area contributed by atoms with Crippen LogP contribution in [-0.2, 0) is 5.75 Å². The predicted octanol–water partition coefficient (Wildman–Crippen LogP) is 5.40. The van der Waals surface area contributed by atoms with Crippen LogP contribution in [0.4, 0.5) is 14.5 Å². The van der Waals surface area contributed by atoms with Crippen LogP contribution in [0.1, 0.15) is 21.7 Å². The van der Waals surface area contributed by atoms with Crippen molar-refractivity contribution in [3.63, 3.8) is 0 Å². The average Bonchev–Trinajstić information content (AvgIpc) is 3.15. The van der Waals surface area contributed by atoms with Gasteiger partial charge in [-0.2, -0.15) is 0 Å². The Bertz CT molecular complexity index is 1190. The third-order valence-electron chi connectivity index (χ3n) is 4.57. The van der Waals surface area contributed by atoms with Crippen molar-refractivity contribution >= 4 is 23.4 Å². The minimum Gasteiger partial charge on any atom is -0.322 e. The predicted molar refractivity (Wildman–Crippen MR) is 116 cm³/mol. The molecule has 4 rings (SSSR count). The van der Waals surface area contributed by atoms with E-state index in [9.17, 15) is 13.6 Å². The maximum absolute atomic E-state index is 13.2. The minimum atomic E-state index is -0.356. The molecule has 0 spiro atoms. The van der Waals surface area contributed by atoms with E-state index in [2.05, 4.69) is 15.5 Å². The Balaban J connectivity index is 1.42. The van der Waals surface area contributed by atoms with Crippen molar-refractivity contribution in [2.24, 2.45) is 0 Å². The molecule has 1 N–H and O–H groups in total. The van der Waals surface area contributed by atoms with Gasteiger partial charge in [0.05, 0.1) is 0 Å². The van der Waals surface area contributed by atoms with Gasteiger partial charge in [0.1, 0.15) is 17.5 Å². The number of thioether (sulfide) groups is 1. The first-order chi connectivity index (χ1) is 15.0. The highest BCUT2D eigenvalue weighted by molar-refractivity contribution is 7.98. The first-order valence-electron chi connectivity index (χ1n) is 9.46. The Hall–Kier alpha value is -3.52. The van der Waals surface area contributed by atoms with E-state index in [-0.39, 0.29) is 17.5 Å². The fraction of sp³-hybridized carbons (Fsp3) is 0.0870. The molecule has 1 amide bonds. The number of carbonyl (C=O) groups excluding carboxylic acids is 1. The number of nitrogens with one attached hydrogen (secondary N) is 1. The molecule has 0 bridgehead atoms. The van der Waals surface area contributed by atoms with Gasteiger partial charge in [-0.3, -0.25) is 9.36 Å². The summed E-state index contributed by atoms with van der Waals surface area (Å²) in [5, 5.41) is 11.8. The first kappa shape index (κ1) is 20.7. The molecule has 5 nitrogen and oxygen atoms in total. The molecule has 1 aromatic heterocycles.